The third-order valence-corrected chi connectivity index (χ3v) is 5.56. The van der Waals surface area contributed by atoms with Gasteiger partial charge in [0.2, 0.25) is 0 Å². The monoisotopic (exact) mass is 441 g/mol. The molecule has 0 N–H and O–H groups in total. The van der Waals surface area contributed by atoms with Crippen molar-refractivity contribution >= 4 is 5.91 Å². The van der Waals surface area contributed by atoms with E-state index in [1.54, 1.807) is 0 Å². The van der Waals surface area contributed by atoms with E-state index in [0.29, 0.717) is 6.61 Å². The molecule has 1 heterocycles. The molecule has 180 valence electrons. The van der Waals surface area contributed by atoms with E-state index in [9.17, 15) is 4.79 Å². The first-order valence-electron chi connectivity index (χ1n) is 12.9. The number of ether oxygens (including phenoxy) is 1. The van der Waals surface area contributed by atoms with Crippen LogP contribution in [0.5, 0.6) is 0 Å². The third kappa shape index (κ3) is 15.0. The summed E-state index contributed by atoms with van der Waals surface area (Å²) in [7, 11) is 0. The summed E-state index contributed by atoms with van der Waals surface area (Å²) in [5, 5.41) is 0. The van der Waals surface area contributed by atoms with E-state index in [1.165, 1.54) is 6.42 Å². The Hall–Kier alpha value is -1.87. The minimum absolute atomic E-state index is 0.199. The molecule has 0 spiro atoms. The normalized spacial score (nSPS) is 16.5. The number of rotatable bonds is 17. The van der Waals surface area contributed by atoms with Crippen molar-refractivity contribution in [2.45, 2.75) is 97.0 Å². The second kappa shape index (κ2) is 21.0. The topological polar surface area (TPSA) is 29.5 Å². The van der Waals surface area contributed by atoms with Crippen LogP contribution in [0.1, 0.15) is 90.9 Å². The molecule has 32 heavy (non-hydrogen) atoms. The largest absolute Gasteiger partial charge is 0.368 e. The highest BCUT2D eigenvalue weighted by Crippen LogP contribution is 2.13. The molecule has 0 aromatic rings. The van der Waals surface area contributed by atoms with Gasteiger partial charge < -0.3 is 9.64 Å². The maximum Gasteiger partial charge on any atom is 0.251 e. The standard InChI is InChI=1S/C29H47NO2/c1-3-5-6-7-8-9-10-11-12-13-14-15-16-17-18-19-20-24-27-32-28(4-2)29(31)30-25-22-21-23-26-30/h5-6,8-9,11-12,14-15,17-18,28H,3-4,7,10,13,16,19-27H2,1-2H3/b6-5-,9-8-,12-11-,15-14-,18-17-. The van der Waals surface area contributed by atoms with Crippen molar-refractivity contribution in [1.82, 2.24) is 4.90 Å². The summed E-state index contributed by atoms with van der Waals surface area (Å²) in [5.74, 6) is 0.199. The smallest absolute Gasteiger partial charge is 0.251 e. The molecule has 0 radical (unpaired) electrons. The van der Waals surface area contributed by atoms with Crippen molar-refractivity contribution in [1.29, 1.82) is 0 Å². The molecule has 0 saturated carbocycles. The number of hydrogen-bond acceptors (Lipinski definition) is 2. The van der Waals surface area contributed by atoms with Gasteiger partial charge in [-0.1, -0.05) is 74.6 Å². The minimum Gasteiger partial charge on any atom is -0.368 e. The Bertz CT molecular complexity index is 594. The number of carbonyl (C=O) groups is 1. The number of nitrogens with zero attached hydrogens (tertiary/aromatic N) is 1. The molecular weight excluding hydrogens is 394 g/mol. The van der Waals surface area contributed by atoms with Crippen LogP contribution in [-0.4, -0.2) is 36.6 Å². The molecule has 1 atom stereocenters. The van der Waals surface area contributed by atoms with Gasteiger partial charge in [-0.2, -0.15) is 0 Å². The number of piperidine rings is 1. The van der Waals surface area contributed by atoms with Crippen LogP contribution in [0, 0.1) is 0 Å². The van der Waals surface area contributed by atoms with Gasteiger partial charge in [0.15, 0.2) is 0 Å². The van der Waals surface area contributed by atoms with Crippen molar-refractivity contribution in [2.75, 3.05) is 19.7 Å². The molecule has 1 fully saturated rings. The number of amides is 1. The Morgan fingerprint density at radius 2 is 1.28 bits per heavy atom. The summed E-state index contributed by atoms with van der Waals surface area (Å²) < 4.78 is 5.90. The lowest BCUT2D eigenvalue weighted by atomic mass is 10.1. The molecule has 0 bridgehead atoms. The maximum absolute atomic E-state index is 12.5. The van der Waals surface area contributed by atoms with Gasteiger partial charge in [-0.3, -0.25) is 4.79 Å². The van der Waals surface area contributed by atoms with Crippen molar-refractivity contribution in [3.05, 3.63) is 60.8 Å². The number of allylic oxidation sites excluding steroid dienone is 10. The average Bonchev–Trinajstić information content (AvgIpc) is 2.83. The predicted octanol–water partition coefficient (Wildman–Crippen LogP) is 7.72. The van der Waals surface area contributed by atoms with E-state index in [-0.39, 0.29) is 12.0 Å². The molecule has 1 aliphatic heterocycles. The van der Waals surface area contributed by atoms with Gasteiger partial charge in [0.05, 0.1) is 0 Å². The quantitative estimate of drug-likeness (QED) is 0.171. The van der Waals surface area contributed by atoms with E-state index in [4.69, 9.17) is 4.74 Å². The molecule has 1 amide bonds. The van der Waals surface area contributed by atoms with Crippen LogP contribution >= 0.6 is 0 Å². The minimum atomic E-state index is -0.248. The number of likely N-dealkylation sites (tertiary alicyclic amines) is 1. The Labute approximate surface area is 198 Å². The second-order valence-corrected chi connectivity index (χ2v) is 8.36. The van der Waals surface area contributed by atoms with Gasteiger partial charge in [-0.15, -0.1) is 0 Å². The van der Waals surface area contributed by atoms with Crippen LogP contribution in [0.2, 0.25) is 0 Å². The highest BCUT2D eigenvalue weighted by molar-refractivity contribution is 5.80. The van der Waals surface area contributed by atoms with Gasteiger partial charge in [0, 0.05) is 19.7 Å². The Balaban J connectivity index is 1.99. The molecule has 1 rings (SSSR count). The fourth-order valence-corrected chi connectivity index (χ4v) is 3.64. The molecule has 3 heteroatoms. The molecule has 1 saturated heterocycles. The summed E-state index contributed by atoms with van der Waals surface area (Å²) in [6, 6.07) is 0. The lowest BCUT2D eigenvalue weighted by Gasteiger charge is -2.30. The summed E-state index contributed by atoms with van der Waals surface area (Å²) in [4.78, 5) is 14.5. The summed E-state index contributed by atoms with van der Waals surface area (Å²) >= 11 is 0. The lowest BCUT2D eigenvalue weighted by Crippen LogP contribution is -2.43. The Morgan fingerprint density at radius 3 is 1.81 bits per heavy atom. The van der Waals surface area contributed by atoms with Gasteiger partial charge in [0.1, 0.15) is 6.10 Å². The molecular formula is C29H47NO2. The van der Waals surface area contributed by atoms with Gasteiger partial charge in [-0.05, 0) is 77.0 Å². The van der Waals surface area contributed by atoms with E-state index >= 15 is 0 Å². The van der Waals surface area contributed by atoms with Crippen LogP contribution in [0.25, 0.3) is 0 Å². The van der Waals surface area contributed by atoms with Crippen LogP contribution in [-0.2, 0) is 9.53 Å². The van der Waals surface area contributed by atoms with Gasteiger partial charge >= 0.3 is 0 Å². The molecule has 0 aromatic heterocycles. The fourth-order valence-electron chi connectivity index (χ4n) is 3.64. The second-order valence-electron chi connectivity index (χ2n) is 8.36. The summed E-state index contributed by atoms with van der Waals surface area (Å²) in [6.45, 7) is 6.70. The number of carbonyl (C=O) groups excluding carboxylic acids is 1. The maximum atomic E-state index is 12.5. The predicted molar refractivity (Wildman–Crippen MR) is 139 cm³/mol. The van der Waals surface area contributed by atoms with Crippen LogP contribution in [0.15, 0.2) is 60.8 Å². The van der Waals surface area contributed by atoms with E-state index in [2.05, 4.69) is 67.7 Å². The molecule has 0 aromatic carbocycles. The first-order chi connectivity index (χ1) is 15.8. The molecule has 0 aliphatic carbocycles. The molecule has 1 unspecified atom stereocenters. The Kier molecular flexibility index (Phi) is 18.5. The zero-order valence-corrected chi connectivity index (χ0v) is 20.7. The summed E-state index contributed by atoms with van der Waals surface area (Å²) in [5.41, 5.74) is 0. The highest BCUT2D eigenvalue weighted by Gasteiger charge is 2.24. The highest BCUT2D eigenvalue weighted by atomic mass is 16.5. The van der Waals surface area contributed by atoms with Gasteiger partial charge in [-0.25, -0.2) is 0 Å². The van der Waals surface area contributed by atoms with Crippen molar-refractivity contribution in [2.24, 2.45) is 0 Å². The van der Waals surface area contributed by atoms with Gasteiger partial charge in [0.25, 0.3) is 5.91 Å². The van der Waals surface area contributed by atoms with E-state index in [0.717, 1.165) is 83.7 Å². The third-order valence-electron chi connectivity index (χ3n) is 5.56. The van der Waals surface area contributed by atoms with Crippen molar-refractivity contribution < 1.29 is 9.53 Å². The SMILES string of the molecule is CC/C=C\C/C=C\C/C=C\C/C=C\C/C=C\CCCCOC(CC)C(=O)N1CCCCC1. The van der Waals surface area contributed by atoms with E-state index < -0.39 is 0 Å². The number of unbranched alkanes of at least 4 members (excludes halogenated alkanes) is 2. The van der Waals surface area contributed by atoms with E-state index in [1.807, 2.05) is 11.8 Å². The van der Waals surface area contributed by atoms with Crippen LogP contribution < -0.4 is 0 Å². The zero-order valence-electron chi connectivity index (χ0n) is 20.7. The fraction of sp³-hybridized carbons (Fsp3) is 0.621. The van der Waals surface area contributed by atoms with Crippen LogP contribution in [0.4, 0.5) is 0 Å². The average molecular weight is 442 g/mol. The molecule has 3 nitrogen and oxygen atoms in total. The van der Waals surface area contributed by atoms with Crippen LogP contribution in [0.3, 0.4) is 0 Å². The van der Waals surface area contributed by atoms with Crippen molar-refractivity contribution in [3.63, 3.8) is 0 Å². The zero-order chi connectivity index (χ0) is 23.1. The summed E-state index contributed by atoms with van der Waals surface area (Å²) in [6.07, 6.45) is 34.7. The molecule has 1 aliphatic rings. The first kappa shape index (κ1) is 28.2. The Morgan fingerprint density at radius 1 is 0.750 bits per heavy atom. The first-order valence-corrected chi connectivity index (χ1v) is 12.9. The van der Waals surface area contributed by atoms with Crippen molar-refractivity contribution in [3.8, 4) is 0 Å². The lowest BCUT2D eigenvalue weighted by molar-refractivity contribution is -0.145. The number of hydrogen-bond donors (Lipinski definition) is 0.